The number of carbonyl (C=O) groups is 1. The van der Waals surface area contributed by atoms with Crippen LogP contribution in [0.2, 0.25) is 0 Å². The highest BCUT2D eigenvalue weighted by Gasteiger charge is 2.11. The maximum absolute atomic E-state index is 10.6. The number of aliphatic carboxylic acids is 1. The Hall–Kier alpha value is -1.34. The molecule has 0 spiro atoms. The molecular formula is C11H13N3O2S2. The monoisotopic (exact) mass is 283 g/mol. The molecule has 7 heteroatoms. The van der Waals surface area contributed by atoms with Gasteiger partial charge in [0.2, 0.25) is 0 Å². The predicted molar refractivity (Wildman–Crippen MR) is 71.3 cm³/mol. The Balaban J connectivity index is 2.16. The number of imidazole rings is 1. The van der Waals surface area contributed by atoms with Crippen LogP contribution in [0.5, 0.6) is 0 Å². The van der Waals surface area contributed by atoms with Gasteiger partial charge in [-0.25, -0.2) is 9.97 Å². The number of nitrogens with zero attached hydrogens (tertiary/aromatic N) is 3. The van der Waals surface area contributed by atoms with E-state index in [9.17, 15) is 4.79 Å². The Morgan fingerprint density at radius 1 is 1.56 bits per heavy atom. The summed E-state index contributed by atoms with van der Waals surface area (Å²) in [5.74, 6) is -0.816. The Kier molecular flexibility index (Phi) is 4.03. The van der Waals surface area contributed by atoms with Crippen molar-refractivity contribution in [3.8, 4) is 0 Å². The Labute approximate surface area is 113 Å². The third-order valence-corrected chi connectivity index (χ3v) is 4.13. The van der Waals surface area contributed by atoms with Crippen molar-refractivity contribution in [2.75, 3.05) is 5.75 Å². The smallest absolute Gasteiger partial charge is 0.313 e. The van der Waals surface area contributed by atoms with Crippen LogP contribution in [0.4, 0.5) is 0 Å². The van der Waals surface area contributed by atoms with Gasteiger partial charge in [-0.3, -0.25) is 4.79 Å². The first-order valence-electron chi connectivity index (χ1n) is 5.34. The summed E-state index contributed by atoms with van der Waals surface area (Å²) in [4.78, 5) is 19.2. The van der Waals surface area contributed by atoms with Gasteiger partial charge in [0.1, 0.15) is 0 Å². The fourth-order valence-corrected chi connectivity index (χ4v) is 2.86. The number of carboxylic acid groups (broad SMARTS) is 1. The van der Waals surface area contributed by atoms with E-state index in [0.29, 0.717) is 6.54 Å². The maximum Gasteiger partial charge on any atom is 0.313 e. The van der Waals surface area contributed by atoms with Crippen LogP contribution >= 0.6 is 23.1 Å². The van der Waals surface area contributed by atoms with E-state index < -0.39 is 5.97 Å². The molecule has 0 saturated carbocycles. The van der Waals surface area contributed by atoms with Crippen LogP contribution in [0, 0.1) is 13.8 Å². The van der Waals surface area contributed by atoms with Crippen molar-refractivity contribution >= 4 is 29.1 Å². The first-order chi connectivity index (χ1) is 8.56. The molecule has 0 saturated heterocycles. The van der Waals surface area contributed by atoms with Crippen molar-refractivity contribution in [1.29, 1.82) is 0 Å². The lowest BCUT2D eigenvalue weighted by atomic mass is 10.4. The van der Waals surface area contributed by atoms with Crippen LogP contribution in [-0.4, -0.2) is 31.4 Å². The number of aromatic nitrogens is 3. The number of carboxylic acids is 1. The average Bonchev–Trinajstić information content (AvgIpc) is 2.85. The normalized spacial score (nSPS) is 10.8. The first-order valence-corrected chi connectivity index (χ1v) is 7.20. The van der Waals surface area contributed by atoms with Gasteiger partial charge in [0.05, 0.1) is 23.0 Å². The molecule has 0 amide bonds. The van der Waals surface area contributed by atoms with Crippen molar-refractivity contribution in [2.24, 2.45) is 0 Å². The van der Waals surface area contributed by atoms with Gasteiger partial charge < -0.3 is 9.67 Å². The number of hydrogen-bond acceptors (Lipinski definition) is 5. The molecule has 0 aliphatic carbocycles. The molecule has 0 aliphatic heterocycles. The molecule has 2 rings (SSSR count). The summed E-state index contributed by atoms with van der Waals surface area (Å²) in [6, 6.07) is 0. The Morgan fingerprint density at radius 3 is 2.94 bits per heavy atom. The lowest BCUT2D eigenvalue weighted by Crippen LogP contribution is -2.06. The molecule has 2 aromatic rings. The van der Waals surface area contributed by atoms with Crippen LogP contribution in [0.25, 0.3) is 0 Å². The molecule has 18 heavy (non-hydrogen) atoms. The van der Waals surface area contributed by atoms with Gasteiger partial charge in [0.25, 0.3) is 0 Å². The fraction of sp³-hybridized carbons (Fsp3) is 0.364. The molecule has 1 N–H and O–H groups in total. The minimum absolute atomic E-state index is 0.0204. The molecule has 0 atom stereocenters. The van der Waals surface area contributed by atoms with Gasteiger partial charge in [-0.05, 0) is 13.8 Å². The summed E-state index contributed by atoms with van der Waals surface area (Å²) in [5, 5.41) is 12.5. The number of rotatable bonds is 5. The van der Waals surface area contributed by atoms with E-state index in [1.165, 1.54) is 11.8 Å². The molecule has 2 heterocycles. The summed E-state index contributed by atoms with van der Waals surface area (Å²) < 4.78 is 1.99. The van der Waals surface area contributed by atoms with Crippen molar-refractivity contribution in [2.45, 2.75) is 25.5 Å². The lowest BCUT2D eigenvalue weighted by molar-refractivity contribution is -0.133. The summed E-state index contributed by atoms with van der Waals surface area (Å²) >= 11 is 2.84. The topological polar surface area (TPSA) is 68.0 Å². The van der Waals surface area contributed by atoms with E-state index in [4.69, 9.17) is 5.11 Å². The minimum Gasteiger partial charge on any atom is -0.481 e. The van der Waals surface area contributed by atoms with Gasteiger partial charge in [0, 0.05) is 17.3 Å². The van der Waals surface area contributed by atoms with Crippen LogP contribution < -0.4 is 0 Å². The van der Waals surface area contributed by atoms with Crippen molar-refractivity contribution in [3.63, 3.8) is 0 Å². The highest BCUT2D eigenvalue weighted by molar-refractivity contribution is 7.99. The Morgan fingerprint density at radius 2 is 2.33 bits per heavy atom. The van der Waals surface area contributed by atoms with Crippen LogP contribution in [-0.2, 0) is 11.3 Å². The van der Waals surface area contributed by atoms with Crippen molar-refractivity contribution in [1.82, 2.24) is 14.5 Å². The van der Waals surface area contributed by atoms with Gasteiger partial charge in [0.15, 0.2) is 5.16 Å². The van der Waals surface area contributed by atoms with Gasteiger partial charge in [-0.2, -0.15) is 0 Å². The molecule has 96 valence electrons. The summed E-state index contributed by atoms with van der Waals surface area (Å²) in [6.07, 6.45) is 1.75. The molecule has 0 fully saturated rings. The summed E-state index contributed by atoms with van der Waals surface area (Å²) in [5.41, 5.74) is 1.99. The van der Waals surface area contributed by atoms with Crippen LogP contribution in [0.15, 0.2) is 16.7 Å². The van der Waals surface area contributed by atoms with Crippen LogP contribution in [0.3, 0.4) is 0 Å². The Bertz CT molecular complexity index is 562. The predicted octanol–water partition coefficient (Wildman–Crippen LogP) is 2.18. The fourth-order valence-electron chi connectivity index (χ4n) is 1.52. The van der Waals surface area contributed by atoms with Crippen LogP contribution in [0.1, 0.15) is 16.4 Å². The number of thioether (sulfide) groups is 1. The van der Waals surface area contributed by atoms with E-state index in [0.717, 1.165) is 21.6 Å². The van der Waals surface area contributed by atoms with Gasteiger partial charge >= 0.3 is 5.97 Å². The zero-order valence-electron chi connectivity index (χ0n) is 10.1. The third-order valence-electron chi connectivity index (χ3n) is 2.33. The maximum atomic E-state index is 10.6. The summed E-state index contributed by atoms with van der Waals surface area (Å²) in [7, 11) is 0. The highest BCUT2D eigenvalue weighted by atomic mass is 32.2. The third kappa shape index (κ3) is 3.11. The molecule has 0 bridgehead atoms. The van der Waals surface area contributed by atoms with E-state index in [1.54, 1.807) is 17.5 Å². The number of thiazole rings is 1. The second-order valence-corrected chi connectivity index (χ2v) is 5.81. The zero-order chi connectivity index (χ0) is 13.1. The SMILES string of the molecule is Cc1nc(Cn2c(C)cnc2SCC(=O)O)cs1. The standard InChI is InChI=1S/C11H13N3O2S2/c1-7-3-12-11(18-6-10(15)16)14(7)4-9-5-17-8(2)13-9/h3,5H,4,6H2,1-2H3,(H,15,16). The van der Waals surface area contributed by atoms with Crippen molar-refractivity contribution in [3.05, 3.63) is 28.0 Å². The van der Waals surface area contributed by atoms with E-state index in [-0.39, 0.29) is 5.75 Å². The molecule has 5 nitrogen and oxygen atoms in total. The molecule has 0 radical (unpaired) electrons. The largest absolute Gasteiger partial charge is 0.481 e. The summed E-state index contributed by atoms with van der Waals surface area (Å²) in [6.45, 7) is 4.56. The zero-order valence-corrected chi connectivity index (χ0v) is 11.7. The highest BCUT2D eigenvalue weighted by Crippen LogP contribution is 2.20. The lowest BCUT2D eigenvalue weighted by Gasteiger charge is -2.07. The minimum atomic E-state index is -0.836. The van der Waals surface area contributed by atoms with Crippen molar-refractivity contribution < 1.29 is 9.90 Å². The van der Waals surface area contributed by atoms with E-state index >= 15 is 0 Å². The molecule has 2 aromatic heterocycles. The van der Waals surface area contributed by atoms with E-state index in [1.807, 2.05) is 23.8 Å². The van der Waals surface area contributed by atoms with Gasteiger partial charge in [-0.1, -0.05) is 11.8 Å². The second-order valence-electron chi connectivity index (χ2n) is 3.81. The van der Waals surface area contributed by atoms with Gasteiger partial charge in [-0.15, -0.1) is 11.3 Å². The number of hydrogen-bond donors (Lipinski definition) is 1. The molecule has 0 aromatic carbocycles. The molecule has 0 unspecified atom stereocenters. The molecule has 0 aliphatic rings. The quantitative estimate of drug-likeness (QED) is 0.852. The first kappa shape index (κ1) is 13.1. The van der Waals surface area contributed by atoms with E-state index in [2.05, 4.69) is 9.97 Å². The second kappa shape index (κ2) is 5.53. The average molecular weight is 283 g/mol. The molecular weight excluding hydrogens is 270 g/mol. The number of aryl methyl sites for hydroxylation is 2.